The summed E-state index contributed by atoms with van der Waals surface area (Å²) in [5.41, 5.74) is 0.419. The molecule has 0 heterocycles. The van der Waals surface area contributed by atoms with Crippen molar-refractivity contribution in [3.63, 3.8) is 0 Å². The molecule has 1 atom stereocenters. The molecule has 0 aliphatic heterocycles. The highest BCUT2D eigenvalue weighted by atomic mass is 35.5. The van der Waals surface area contributed by atoms with Gasteiger partial charge in [-0.25, -0.2) is 8.42 Å². The number of benzene rings is 4. The van der Waals surface area contributed by atoms with Crippen molar-refractivity contribution in [2.45, 2.75) is 50.3 Å². The highest BCUT2D eigenvalue weighted by Crippen LogP contribution is 2.34. The fourth-order valence-electron chi connectivity index (χ4n) is 4.96. The van der Waals surface area contributed by atoms with Gasteiger partial charge in [0.15, 0.2) is 0 Å². The number of amides is 2. The predicted molar refractivity (Wildman–Crippen MR) is 181 cm³/mol. The van der Waals surface area contributed by atoms with Crippen LogP contribution in [0.3, 0.4) is 0 Å². The molecule has 254 valence electrons. The third-order valence-electron chi connectivity index (χ3n) is 7.53. The number of hydrogen-bond donors (Lipinski definition) is 1. The molecule has 48 heavy (non-hydrogen) atoms. The number of carbonyl (C=O) groups excluding carboxylic acids is 2. The Labute approximate surface area is 288 Å². The van der Waals surface area contributed by atoms with Crippen LogP contribution in [0.5, 0.6) is 0 Å². The number of aryl methyl sites for hydroxylation is 1. The second-order valence-electron chi connectivity index (χ2n) is 11.1. The number of rotatable bonds is 13. The molecule has 0 radical (unpaired) electrons. The number of anilines is 1. The number of hydrogen-bond acceptors (Lipinski definition) is 4. The average molecular weight is 721 g/mol. The average Bonchev–Trinajstić information content (AvgIpc) is 3.05. The van der Waals surface area contributed by atoms with E-state index in [9.17, 15) is 31.2 Å². The molecule has 1 unspecified atom stereocenters. The maximum Gasteiger partial charge on any atom is 0.416 e. The Hall–Kier alpha value is -4.06. The van der Waals surface area contributed by atoms with Gasteiger partial charge < -0.3 is 10.2 Å². The van der Waals surface area contributed by atoms with Crippen molar-refractivity contribution < 1.29 is 31.2 Å². The van der Waals surface area contributed by atoms with Crippen molar-refractivity contribution in [1.29, 1.82) is 0 Å². The minimum absolute atomic E-state index is 0.0572. The Morgan fingerprint density at radius 3 is 2.21 bits per heavy atom. The van der Waals surface area contributed by atoms with E-state index in [0.29, 0.717) is 33.9 Å². The quantitative estimate of drug-likeness (QED) is 0.154. The summed E-state index contributed by atoms with van der Waals surface area (Å²) in [6, 6.07) is 21.9. The topological polar surface area (TPSA) is 86.8 Å². The van der Waals surface area contributed by atoms with Crippen molar-refractivity contribution >= 4 is 50.7 Å². The SMILES string of the molecule is CCCNC(=O)C(Cc1ccccc1)N(Cc1ccc(Cl)cc1Cl)C(=O)CN(c1cccc(C(F)(F)F)c1)S(=O)(=O)c1ccc(C)cc1. The van der Waals surface area contributed by atoms with Gasteiger partial charge in [0, 0.05) is 29.6 Å². The van der Waals surface area contributed by atoms with E-state index in [4.69, 9.17) is 23.2 Å². The van der Waals surface area contributed by atoms with Crippen molar-refractivity contribution in [2.24, 2.45) is 0 Å². The second kappa shape index (κ2) is 15.9. The standard InChI is InChI=1S/C35H34Cl2F3N3O4S/c1-3-18-41-34(45)32(19-25-8-5-4-6-9-25)42(22-26-14-15-28(36)21-31(26)37)33(44)23-43(29-11-7-10-27(20-29)35(38,39)40)48(46,47)30-16-12-24(2)13-17-30/h4-17,20-21,32H,3,18-19,22-23H2,1-2H3,(H,41,45). The molecule has 7 nitrogen and oxygen atoms in total. The molecule has 0 aliphatic carbocycles. The third kappa shape index (κ3) is 9.30. The van der Waals surface area contributed by atoms with Gasteiger partial charge in [-0.3, -0.25) is 13.9 Å². The van der Waals surface area contributed by atoms with Crippen LogP contribution in [0.2, 0.25) is 10.0 Å². The van der Waals surface area contributed by atoms with Crippen LogP contribution < -0.4 is 9.62 Å². The third-order valence-corrected chi connectivity index (χ3v) is 9.90. The van der Waals surface area contributed by atoms with Crippen molar-refractivity contribution in [3.8, 4) is 0 Å². The molecule has 0 saturated heterocycles. The lowest BCUT2D eigenvalue weighted by Gasteiger charge is -2.34. The first-order chi connectivity index (χ1) is 22.7. The van der Waals surface area contributed by atoms with Gasteiger partial charge >= 0.3 is 6.18 Å². The van der Waals surface area contributed by atoms with Gasteiger partial charge in [0.25, 0.3) is 10.0 Å². The normalized spacial score (nSPS) is 12.3. The predicted octanol–water partition coefficient (Wildman–Crippen LogP) is 7.68. The van der Waals surface area contributed by atoms with Crippen LogP contribution >= 0.6 is 23.2 Å². The summed E-state index contributed by atoms with van der Waals surface area (Å²) < 4.78 is 70.2. The minimum atomic E-state index is -4.78. The zero-order chi connectivity index (χ0) is 35.1. The lowest BCUT2D eigenvalue weighted by molar-refractivity contribution is -0.140. The molecule has 2 amide bonds. The molecule has 0 fully saturated rings. The Morgan fingerprint density at radius 2 is 1.58 bits per heavy atom. The van der Waals surface area contributed by atoms with Crippen LogP contribution in [0.25, 0.3) is 0 Å². The summed E-state index contributed by atoms with van der Waals surface area (Å²) >= 11 is 12.6. The van der Waals surface area contributed by atoms with E-state index in [0.717, 1.165) is 23.3 Å². The van der Waals surface area contributed by atoms with E-state index < -0.39 is 46.2 Å². The molecule has 0 bridgehead atoms. The van der Waals surface area contributed by atoms with Gasteiger partial charge in [0.2, 0.25) is 11.8 Å². The van der Waals surface area contributed by atoms with E-state index in [1.807, 2.05) is 6.92 Å². The van der Waals surface area contributed by atoms with E-state index >= 15 is 0 Å². The molecule has 0 aliphatic rings. The summed E-state index contributed by atoms with van der Waals surface area (Å²) in [6.07, 6.45) is -4.12. The highest BCUT2D eigenvalue weighted by Gasteiger charge is 2.36. The molecule has 4 rings (SSSR count). The lowest BCUT2D eigenvalue weighted by atomic mass is 10.0. The van der Waals surface area contributed by atoms with Gasteiger partial charge in [0.1, 0.15) is 12.6 Å². The zero-order valence-corrected chi connectivity index (χ0v) is 28.5. The van der Waals surface area contributed by atoms with Crippen LogP contribution in [-0.2, 0) is 38.8 Å². The van der Waals surface area contributed by atoms with Crippen LogP contribution in [-0.4, -0.2) is 44.3 Å². The Bertz CT molecular complexity index is 1840. The first kappa shape index (κ1) is 36.8. The molecule has 4 aromatic rings. The van der Waals surface area contributed by atoms with Crippen molar-refractivity contribution in [3.05, 3.63) is 129 Å². The van der Waals surface area contributed by atoms with E-state index in [1.54, 1.807) is 61.5 Å². The van der Waals surface area contributed by atoms with Crippen molar-refractivity contribution in [1.82, 2.24) is 10.2 Å². The van der Waals surface area contributed by atoms with Gasteiger partial charge in [-0.2, -0.15) is 13.2 Å². The first-order valence-corrected chi connectivity index (χ1v) is 17.2. The van der Waals surface area contributed by atoms with E-state index in [1.165, 1.54) is 29.2 Å². The Morgan fingerprint density at radius 1 is 0.896 bits per heavy atom. The molecular formula is C35H34Cl2F3N3O4S. The maximum atomic E-state index is 14.5. The molecule has 13 heteroatoms. The maximum absolute atomic E-state index is 14.5. The summed E-state index contributed by atoms with van der Waals surface area (Å²) in [4.78, 5) is 29.2. The second-order valence-corrected chi connectivity index (χ2v) is 13.8. The first-order valence-electron chi connectivity index (χ1n) is 15.0. The number of alkyl halides is 3. The summed E-state index contributed by atoms with van der Waals surface area (Å²) in [5.74, 6) is -1.34. The highest BCUT2D eigenvalue weighted by molar-refractivity contribution is 7.92. The molecule has 0 spiro atoms. The zero-order valence-electron chi connectivity index (χ0n) is 26.2. The summed E-state index contributed by atoms with van der Waals surface area (Å²) in [7, 11) is -4.59. The van der Waals surface area contributed by atoms with Crippen LogP contribution in [0.15, 0.2) is 102 Å². The largest absolute Gasteiger partial charge is 0.416 e. The number of halogens is 5. The molecule has 1 N–H and O–H groups in total. The Balaban J connectivity index is 1.86. The summed E-state index contributed by atoms with van der Waals surface area (Å²) in [5, 5.41) is 3.36. The minimum Gasteiger partial charge on any atom is -0.354 e. The van der Waals surface area contributed by atoms with Crippen LogP contribution in [0.4, 0.5) is 18.9 Å². The number of nitrogens with zero attached hydrogens (tertiary/aromatic N) is 2. The monoisotopic (exact) mass is 719 g/mol. The van der Waals surface area contributed by atoms with Crippen LogP contribution in [0, 0.1) is 6.92 Å². The molecule has 4 aromatic carbocycles. The van der Waals surface area contributed by atoms with Gasteiger partial charge in [-0.15, -0.1) is 0 Å². The number of sulfonamides is 1. The van der Waals surface area contributed by atoms with E-state index in [-0.39, 0.29) is 28.6 Å². The van der Waals surface area contributed by atoms with E-state index in [2.05, 4.69) is 5.32 Å². The molecular weight excluding hydrogens is 686 g/mol. The molecule has 0 aromatic heterocycles. The van der Waals surface area contributed by atoms with Gasteiger partial charge in [-0.05, 0) is 66.9 Å². The fraction of sp³-hybridized carbons (Fsp3) is 0.257. The number of nitrogens with one attached hydrogen (secondary N) is 1. The van der Waals surface area contributed by atoms with Crippen LogP contribution in [0.1, 0.15) is 35.6 Å². The summed E-state index contributed by atoms with van der Waals surface area (Å²) in [6.45, 7) is 2.78. The number of carbonyl (C=O) groups is 2. The lowest BCUT2D eigenvalue weighted by Crippen LogP contribution is -2.53. The molecule has 0 saturated carbocycles. The van der Waals surface area contributed by atoms with Crippen molar-refractivity contribution in [2.75, 3.05) is 17.4 Å². The smallest absolute Gasteiger partial charge is 0.354 e. The fourth-order valence-corrected chi connectivity index (χ4v) is 6.83. The van der Waals surface area contributed by atoms with Gasteiger partial charge in [0.05, 0.1) is 16.1 Å². The van der Waals surface area contributed by atoms with Gasteiger partial charge in [-0.1, -0.05) is 90.3 Å². The Kier molecular flexibility index (Phi) is 12.2.